The average molecular weight is 231 g/mol. The summed E-state index contributed by atoms with van der Waals surface area (Å²) in [4.78, 5) is 8.41. The van der Waals surface area contributed by atoms with E-state index in [1.807, 2.05) is 30.3 Å². The Bertz CT molecular complexity index is 635. The summed E-state index contributed by atoms with van der Waals surface area (Å²) in [6, 6.07) is 9.60. The molecule has 16 heavy (non-hydrogen) atoms. The number of rotatable bonds is 1. The fourth-order valence-corrected chi connectivity index (χ4v) is 1.84. The highest BCUT2D eigenvalue weighted by Gasteiger charge is 2.08. The molecule has 3 rings (SSSR count). The smallest absolute Gasteiger partial charge is 0.223 e. The van der Waals surface area contributed by atoms with Gasteiger partial charge in [0.1, 0.15) is 0 Å². The fraction of sp³-hybridized carbons (Fsp3) is 0. The first-order valence-electron chi connectivity index (χ1n) is 4.79. The second-order valence-corrected chi connectivity index (χ2v) is 3.71. The number of benzene rings is 1. The number of nitrogens with zero attached hydrogens (tertiary/aromatic N) is 2. The first-order chi connectivity index (χ1) is 7.84. The van der Waals surface area contributed by atoms with Crippen LogP contribution in [0.15, 0.2) is 47.3 Å². The maximum Gasteiger partial charge on any atom is 0.223 e. The summed E-state index contributed by atoms with van der Waals surface area (Å²) in [7, 11) is 0. The molecule has 0 N–H and O–H groups in total. The van der Waals surface area contributed by atoms with Crippen molar-refractivity contribution in [3.63, 3.8) is 0 Å². The summed E-state index contributed by atoms with van der Waals surface area (Å²) >= 11 is 5.89. The molecule has 2 aromatic heterocycles. The Morgan fingerprint density at radius 1 is 1.06 bits per heavy atom. The predicted molar refractivity (Wildman–Crippen MR) is 62.3 cm³/mol. The van der Waals surface area contributed by atoms with Crippen molar-refractivity contribution in [2.45, 2.75) is 0 Å². The Morgan fingerprint density at radius 3 is 2.75 bits per heavy atom. The highest BCUT2D eigenvalue weighted by molar-refractivity contribution is 6.28. The van der Waals surface area contributed by atoms with E-state index in [0.29, 0.717) is 0 Å². The maximum absolute atomic E-state index is 5.89. The number of hydrogen-bond donors (Lipinski definition) is 0. The molecule has 0 aliphatic heterocycles. The number of hydrogen-bond acceptors (Lipinski definition) is 3. The molecule has 78 valence electrons. The fourth-order valence-electron chi connectivity index (χ4n) is 1.67. The van der Waals surface area contributed by atoms with Crippen molar-refractivity contribution in [1.82, 2.24) is 9.97 Å². The van der Waals surface area contributed by atoms with Gasteiger partial charge in [-0.25, -0.2) is 9.97 Å². The third kappa shape index (κ3) is 1.46. The molecule has 0 aliphatic carbocycles. The molecule has 0 spiro atoms. The zero-order valence-corrected chi connectivity index (χ0v) is 8.98. The van der Waals surface area contributed by atoms with Gasteiger partial charge in [0.05, 0.1) is 23.7 Å². The molecular formula is C12H7ClN2O. The van der Waals surface area contributed by atoms with E-state index in [1.54, 1.807) is 12.5 Å². The van der Waals surface area contributed by atoms with Gasteiger partial charge >= 0.3 is 0 Å². The van der Waals surface area contributed by atoms with Crippen LogP contribution < -0.4 is 0 Å². The van der Waals surface area contributed by atoms with Crippen molar-refractivity contribution in [3.05, 3.63) is 48.1 Å². The van der Waals surface area contributed by atoms with Crippen LogP contribution in [0.1, 0.15) is 0 Å². The first kappa shape index (κ1) is 9.36. The Morgan fingerprint density at radius 2 is 1.94 bits per heavy atom. The molecule has 0 saturated carbocycles. The van der Waals surface area contributed by atoms with E-state index >= 15 is 0 Å². The van der Waals surface area contributed by atoms with Gasteiger partial charge in [0, 0.05) is 10.9 Å². The molecule has 0 amide bonds. The SMILES string of the molecule is Clc1nc(-c2ccoc2)c2ccccc2n1. The minimum Gasteiger partial charge on any atom is -0.472 e. The molecule has 0 atom stereocenters. The minimum absolute atomic E-state index is 0.245. The molecule has 3 nitrogen and oxygen atoms in total. The van der Waals surface area contributed by atoms with Crippen LogP contribution in [0.2, 0.25) is 5.28 Å². The lowest BCUT2D eigenvalue weighted by Crippen LogP contribution is -1.89. The van der Waals surface area contributed by atoms with Crippen molar-refractivity contribution in [2.75, 3.05) is 0 Å². The monoisotopic (exact) mass is 230 g/mol. The van der Waals surface area contributed by atoms with E-state index < -0.39 is 0 Å². The topological polar surface area (TPSA) is 38.9 Å². The van der Waals surface area contributed by atoms with Gasteiger partial charge in [-0.3, -0.25) is 0 Å². The van der Waals surface area contributed by atoms with Crippen LogP contribution in [-0.4, -0.2) is 9.97 Å². The zero-order chi connectivity index (χ0) is 11.0. The third-order valence-corrected chi connectivity index (χ3v) is 2.54. The van der Waals surface area contributed by atoms with Crippen LogP contribution in [0.5, 0.6) is 0 Å². The van der Waals surface area contributed by atoms with E-state index in [4.69, 9.17) is 16.0 Å². The molecule has 0 unspecified atom stereocenters. The summed E-state index contributed by atoms with van der Waals surface area (Å²) < 4.78 is 5.05. The summed E-state index contributed by atoms with van der Waals surface area (Å²) in [6.07, 6.45) is 3.26. The Hall–Kier alpha value is -1.87. The second kappa shape index (κ2) is 3.61. The van der Waals surface area contributed by atoms with Gasteiger partial charge < -0.3 is 4.42 Å². The lowest BCUT2D eigenvalue weighted by Gasteiger charge is -2.03. The lowest BCUT2D eigenvalue weighted by atomic mass is 10.1. The third-order valence-electron chi connectivity index (χ3n) is 2.37. The Balaban J connectivity index is 2.39. The van der Waals surface area contributed by atoms with Crippen LogP contribution in [0.3, 0.4) is 0 Å². The van der Waals surface area contributed by atoms with Gasteiger partial charge in [-0.15, -0.1) is 0 Å². The largest absolute Gasteiger partial charge is 0.472 e. The molecular weight excluding hydrogens is 224 g/mol. The molecule has 3 aromatic rings. The second-order valence-electron chi connectivity index (χ2n) is 3.37. The number of fused-ring (bicyclic) bond motifs is 1. The van der Waals surface area contributed by atoms with Crippen molar-refractivity contribution in [3.8, 4) is 11.3 Å². The van der Waals surface area contributed by atoms with Crippen molar-refractivity contribution < 1.29 is 4.42 Å². The molecule has 4 heteroatoms. The minimum atomic E-state index is 0.245. The average Bonchev–Trinajstić information content (AvgIpc) is 2.81. The van der Waals surface area contributed by atoms with Crippen LogP contribution in [0.25, 0.3) is 22.2 Å². The van der Waals surface area contributed by atoms with E-state index in [2.05, 4.69) is 9.97 Å². The van der Waals surface area contributed by atoms with Gasteiger partial charge in [0.15, 0.2) is 0 Å². The van der Waals surface area contributed by atoms with Crippen LogP contribution in [-0.2, 0) is 0 Å². The summed E-state index contributed by atoms with van der Waals surface area (Å²) in [5, 5.41) is 1.21. The quantitative estimate of drug-likeness (QED) is 0.600. The van der Waals surface area contributed by atoms with Crippen LogP contribution in [0, 0.1) is 0 Å². The van der Waals surface area contributed by atoms with Crippen molar-refractivity contribution in [2.24, 2.45) is 0 Å². The van der Waals surface area contributed by atoms with Gasteiger partial charge in [0.25, 0.3) is 0 Å². The molecule has 0 aliphatic rings. The van der Waals surface area contributed by atoms with E-state index in [1.165, 1.54) is 0 Å². The molecule has 0 saturated heterocycles. The standard InChI is InChI=1S/C12H7ClN2O/c13-12-14-10-4-2-1-3-9(10)11(15-12)8-5-6-16-7-8/h1-7H. The Labute approximate surface area is 96.7 Å². The van der Waals surface area contributed by atoms with Gasteiger partial charge in [-0.2, -0.15) is 0 Å². The van der Waals surface area contributed by atoms with E-state index in [0.717, 1.165) is 22.2 Å². The number of furan rings is 1. The molecule has 2 heterocycles. The van der Waals surface area contributed by atoms with Gasteiger partial charge in [-0.05, 0) is 23.7 Å². The van der Waals surface area contributed by atoms with Crippen molar-refractivity contribution in [1.29, 1.82) is 0 Å². The van der Waals surface area contributed by atoms with Gasteiger partial charge in [-0.1, -0.05) is 18.2 Å². The van der Waals surface area contributed by atoms with Crippen LogP contribution >= 0.6 is 11.6 Å². The first-order valence-corrected chi connectivity index (χ1v) is 5.17. The molecule has 0 bridgehead atoms. The molecule has 0 radical (unpaired) electrons. The zero-order valence-electron chi connectivity index (χ0n) is 8.22. The number of para-hydroxylation sites is 1. The summed E-state index contributed by atoms with van der Waals surface area (Å²) in [6.45, 7) is 0. The lowest BCUT2D eigenvalue weighted by molar-refractivity contribution is 0.568. The van der Waals surface area contributed by atoms with Crippen LogP contribution in [0.4, 0.5) is 0 Å². The molecule has 0 fully saturated rings. The summed E-state index contributed by atoms with van der Waals surface area (Å²) in [5.74, 6) is 0. The molecule has 1 aromatic carbocycles. The highest BCUT2D eigenvalue weighted by Crippen LogP contribution is 2.27. The van der Waals surface area contributed by atoms with Gasteiger partial charge in [0.2, 0.25) is 5.28 Å². The highest BCUT2D eigenvalue weighted by atomic mass is 35.5. The van der Waals surface area contributed by atoms with E-state index in [9.17, 15) is 0 Å². The maximum atomic E-state index is 5.89. The van der Waals surface area contributed by atoms with E-state index in [-0.39, 0.29) is 5.28 Å². The Kier molecular flexibility index (Phi) is 2.11. The summed E-state index contributed by atoms with van der Waals surface area (Å²) in [5.41, 5.74) is 2.53. The number of halogens is 1. The predicted octanol–water partition coefficient (Wildman–Crippen LogP) is 3.54. The van der Waals surface area contributed by atoms with Crippen molar-refractivity contribution >= 4 is 22.5 Å². The number of aromatic nitrogens is 2. The normalized spacial score (nSPS) is 10.8.